The average molecular weight is 411 g/mol. The van der Waals surface area contributed by atoms with E-state index in [4.69, 9.17) is 11.6 Å². The Balaban J connectivity index is 1.43. The first kappa shape index (κ1) is 16.4. The molecule has 0 radical (unpaired) electrons. The quantitative estimate of drug-likeness (QED) is 0.401. The number of fused-ring (bicyclic) bond motifs is 4. The molecule has 3 aromatic heterocycles. The smallest absolute Gasteiger partial charge is 0.250 e. The van der Waals surface area contributed by atoms with Gasteiger partial charge in [-0.25, -0.2) is 9.97 Å². The maximum absolute atomic E-state index is 12.3. The van der Waals surface area contributed by atoms with E-state index in [1.54, 1.807) is 6.08 Å². The van der Waals surface area contributed by atoms with Crippen molar-refractivity contribution in [2.75, 3.05) is 5.32 Å². The zero-order valence-corrected chi connectivity index (χ0v) is 16.1. The Morgan fingerprint density at radius 2 is 2.07 bits per heavy atom. The minimum Gasteiger partial charge on any atom is -0.298 e. The monoisotopic (exact) mass is 410 g/mol. The van der Waals surface area contributed by atoms with Crippen LogP contribution in [-0.2, 0) is 4.79 Å². The number of imidazole rings is 1. The predicted octanol–water partition coefficient (Wildman–Crippen LogP) is 5.46. The summed E-state index contributed by atoms with van der Waals surface area (Å²) in [5.41, 5.74) is 1.58. The number of anilines is 1. The zero-order valence-electron chi connectivity index (χ0n) is 13.7. The second kappa shape index (κ2) is 6.45. The van der Waals surface area contributed by atoms with E-state index >= 15 is 0 Å². The maximum Gasteiger partial charge on any atom is 0.250 e. The molecule has 132 valence electrons. The highest BCUT2D eigenvalue weighted by molar-refractivity contribution is 7.22. The molecule has 1 N–H and O–H groups in total. The van der Waals surface area contributed by atoms with Crippen molar-refractivity contribution < 1.29 is 4.79 Å². The third-order valence-electron chi connectivity index (χ3n) is 4.16. The average Bonchev–Trinajstić information content (AvgIpc) is 3.34. The lowest BCUT2D eigenvalue weighted by Crippen LogP contribution is -2.07. The fourth-order valence-corrected chi connectivity index (χ4v) is 4.83. The van der Waals surface area contributed by atoms with E-state index < -0.39 is 0 Å². The van der Waals surface area contributed by atoms with Gasteiger partial charge in [-0.1, -0.05) is 53.3 Å². The van der Waals surface area contributed by atoms with Crippen LogP contribution in [0.25, 0.3) is 32.0 Å². The SMILES string of the molecule is O=C(C=Cc1c(Cl)nc2sccn12)Nc1nc2c(ccc3ccccc32)s1. The minimum atomic E-state index is -0.264. The summed E-state index contributed by atoms with van der Waals surface area (Å²) in [5, 5.41) is 7.89. The van der Waals surface area contributed by atoms with Gasteiger partial charge in [-0.2, -0.15) is 0 Å². The molecule has 5 nitrogen and oxygen atoms in total. The van der Waals surface area contributed by atoms with Crippen LogP contribution in [0.2, 0.25) is 5.15 Å². The molecular formula is C19H11ClN4OS2. The lowest BCUT2D eigenvalue weighted by atomic mass is 10.1. The van der Waals surface area contributed by atoms with Gasteiger partial charge in [0.15, 0.2) is 15.2 Å². The topological polar surface area (TPSA) is 59.3 Å². The van der Waals surface area contributed by atoms with Gasteiger partial charge >= 0.3 is 0 Å². The van der Waals surface area contributed by atoms with Crippen LogP contribution in [0.3, 0.4) is 0 Å². The standard InChI is InChI=1S/C19H11ClN4OS2/c20-17-13(24-9-10-26-19(24)23-17)6-8-15(25)21-18-22-16-12-4-2-1-3-11(12)5-7-14(16)27-18/h1-10H,(H,21,22,25). The highest BCUT2D eigenvalue weighted by Gasteiger charge is 2.11. The van der Waals surface area contributed by atoms with Crippen molar-refractivity contribution in [3.8, 4) is 0 Å². The van der Waals surface area contributed by atoms with Gasteiger partial charge in [-0.15, -0.1) is 11.3 Å². The van der Waals surface area contributed by atoms with Crippen LogP contribution in [0.15, 0.2) is 54.1 Å². The summed E-state index contributed by atoms with van der Waals surface area (Å²) >= 11 is 9.08. The minimum absolute atomic E-state index is 0.264. The number of nitrogens with zero attached hydrogens (tertiary/aromatic N) is 3. The van der Waals surface area contributed by atoms with E-state index in [2.05, 4.69) is 27.4 Å². The number of amides is 1. The van der Waals surface area contributed by atoms with Gasteiger partial charge in [0.05, 0.1) is 15.9 Å². The number of nitrogens with one attached hydrogen (secondary N) is 1. The van der Waals surface area contributed by atoms with E-state index in [-0.39, 0.29) is 5.91 Å². The molecule has 3 heterocycles. The Labute approximate surface area is 166 Å². The number of carbonyl (C=O) groups excluding carboxylic acids is 1. The molecule has 0 aliphatic heterocycles. The van der Waals surface area contributed by atoms with Crippen LogP contribution >= 0.6 is 34.3 Å². The normalized spacial score (nSPS) is 11.9. The molecule has 0 bridgehead atoms. The van der Waals surface area contributed by atoms with Crippen molar-refractivity contribution in [2.45, 2.75) is 0 Å². The molecule has 0 aliphatic carbocycles. The number of benzene rings is 2. The van der Waals surface area contributed by atoms with Crippen molar-refractivity contribution in [1.82, 2.24) is 14.4 Å². The van der Waals surface area contributed by atoms with Gasteiger partial charge in [-0.05, 0) is 17.5 Å². The number of carbonyl (C=O) groups is 1. The van der Waals surface area contributed by atoms with E-state index in [0.29, 0.717) is 16.0 Å². The largest absolute Gasteiger partial charge is 0.298 e. The number of hydrogen-bond acceptors (Lipinski definition) is 5. The molecule has 0 saturated carbocycles. The number of thiazole rings is 2. The van der Waals surface area contributed by atoms with Gasteiger partial charge < -0.3 is 0 Å². The van der Waals surface area contributed by atoms with Crippen LogP contribution in [0.4, 0.5) is 5.13 Å². The summed E-state index contributed by atoms with van der Waals surface area (Å²) < 4.78 is 2.88. The van der Waals surface area contributed by atoms with Gasteiger partial charge in [0.2, 0.25) is 5.91 Å². The second-order valence-electron chi connectivity index (χ2n) is 5.82. The van der Waals surface area contributed by atoms with Gasteiger partial charge in [0.1, 0.15) is 0 Å². The molecule has 1 amide bonds. The van der Waals surface area contributed by atoms with Crippen molar-refractivity contribution >= 4 is 77.3 Å². The first-order valence-corrected chi connectivity index (χ1v) is 10.1. The molecule has 0 saturated heterocycles. The molecule has 5 aromatic rings. The number of aromatic nitrogens is 3. The third-order valence-corrected chi connectivity index (χ3v) is 6.13. The Morgan fingerprint density at radius 1 is 1.19 bits per heavy atom. The van der Waals surface area contributed by atoms with Crippen LogP contribution in [0.5, 0.6) is 0 Å². The lowest BCUT2D eigenvalue weighted by molar-refractivity contribution is -0.111. The molecule has 0 atom stereocenters. The Bertz CT molecular complexity index is 1350. The molecule has 0 fully saturated rings. The first-order chi connectivity index (χ1) is 13.2. The molecule has 2 aromatic carbocycles. The second-order valence-corrected chi connectivity index (χ2v) is 8.08. The van der Waals surface area contributed by atoms with Crippen molar-refractivity contribution in [3.05, 3.63) is 64.9 Å². The van der Waals surface area contributed by atoms with E-state index in [1.807, 2.05) is 40.2 Å². The fraction of sp³-hybridized carbons (Fsp3) is 0. The summed E-state index contributed by atoms with van der Waals surface area (Å²) in [6, 6.07) is 12.2. The number of rotatable bonds is 3. The molecule has 0 unspecified atom stereocenters. The Hall–Kier alpha value is -2.74. The number of halogens is 1. The van der Waals surface area contributed by atoms with Crippen LogP contribution in [0, 0.1) is 0 Å². The van der Waals surface area contributed by atoms with Crippen molar-refractivity contribution in [2.24, 2.45) is 0 Å². The van der Waals surface area contributed by atoms with E-state index in [9.17, 15) is 4.79 Å². The highest BCUT2D eigenvalue weighted by Crippen LogP contribution is 2.31. The number of hydrogen-bond donors (Lipinski definition) is 1. The fourth-order valence-electron chi connectivity index (χ4n) is 2.94. The Morgan fingerprint density at radius 3 is 3.00 bits per heavy atom. The summed E-state index contributed by atoms with van der Waals surface area (Å²) in [6.07, 6.45) is 4.97. The van der Waals surface area contributed by atoms with Crippen LogP contribution in [-0.4, -0.2) is 20.3 Å². The van der Waals surface area contributed by atoms with Gasteiger partial charge in [0.25, 0.3) is 0 Å². The maximum atomic E-state index is 12.3. The van der Waals surface area contributed by atoms with Crippen LogP contribution < -0.4 is 5.32 Å². The van der Waals surface area contributed by atoms with E-state index in [0.717, 1.165) is 25.9 Å². The molecule has 0 spiro atoms. The predicted molar refractivity (Wildman–Crippen MR) is 113 cm³/mol. The molecule has 27 heavy (non-hydrogen) atoms. The summed E-state index contributed by atoms with van der Waals surface area (Å²) in [7, 11) is 0. The van der Waals surface area contributed by atoms with Gasteiger partial charge in [-0.3, -0.25) is 14.5 Å². The summed E-state index contributed by atoms with van der Waals surface area (Å²) in [4.78, 5) is 22.0. The highest BCUT2D eigenvalue weighted by atomic mass is 35.5. The first-order valence-electron chi connectivity index (χ1n) is 8.07. The molecule has 8 heteroatoms. The molecular weight excluding hydrogens is 400 g/mol. The summed E-state index contributed by atoms with van der Waals surface area (Å²) in [6.45, 7) is 0. The summed E-state index contributed by atoms with van der Waals surface area (Å²) in [5.74, 6) is -0.264. The lowest BCUT2D eigenvalue weighted by Gasteiger charge is -1.97. The van der Waals surface area contributed by atoms with Crippen LogP contribution in [0.1, 0.15) is 5.69 Å². The zero-order chi connectivity index (χ0) is 18.4. The van der Waals surface area contributed by atoms with Crippen molar-refractivity contribution in [1.29, 1.82) is 0 Å². The Kier molecular flexibility index (Phi) is 3.93. The van der Waals surface area contributed by atoms with Gasteiger partial charge in [0, 0.05) is 23.0 Å². The van der Waals surface area contributed by atoms with E-state index in [1.165, 1.54) is 28.7 Å². The third kappa shape index (κ3) is 2.90. The van der Waals surface area contributed by atoms with Crippen molar-refractivity contribution in [3.63, 3.8) is 0 Å². The molecule has 0 aliphatic rings. The molecule has 5 rings (SSSR count).